The van der Waals surface area contributed by atoms with Gasteiger partial charge in [-0.05, 0) is 72.8 Å². The van der Waals surface area contributed by atoms with E-state index in [0.29, 0.717) is 42.3 Å². The summed E-state index contributed by atoms with van der Waals surface area (Å²) in [5.74, 6) is 0.649. The van der Waals surface area contributed by atoms with Gasteiger partial charge in [-0.15, -0.1) is 0 Å². The molecule has 0 atom stereocenters. The Morgan fingerprint density at radius 3 is 1.67 bits per heavy atom. The first kappa shape index (κ1) is 21.5. The lowest BCUT2D eigenvalue weighted by Crippen LogP contribution is -2.06. The molecule has 0 heterocycles. The fourth-order valence-electron chi connectivity index (χ4n) is 2.69. The number of hydrogen-bond donors (Lipinski definition) is 0. The predicted molar refractivity (Wildman–Crippen MR) is 111 cm³/mol. The third-order valence-corrected chi connectivity index (χ3v) is 5.43. The largest absolute Gasteiger partial charge is 0.493 e. The van der Waals surface area contributed by atoms with E-state index in [2.05, 4.69) is 0 Å². The normalized spacial score (nSPS) is 11.1. The number of hydrogen-bond acceptors (Lipinski definition) is 5. The lowest BCUT2D eigenvalue weighted by Gasteiger charge is -2.09. The van der Waals surface area contributed by atoms with E-state index in [1.807, 2.05) is 0 Å². The van der Waals surface area contributed by atoms with E-state index in [9.17, 15) is 17.6 Å². The maximum atomic E-state index is 13.0. The number of ether oxygens (including phenoxy) is 2. The number of benzene rings is 3. The smallest absolute Gasteiger partial charge is 0.193 e. The van der Waals surface area contributed by atoms with Crippen LogP contribution in [0.4, 0.5) is 4.39 Å². The fourth-order valence-corrected chi connectivity index (χ4v) is 3.32. The number of ketones is 1. The SMILES string of the molecule is CS(=O)(=O)c1ccc(OCCCOc2ccc(C(=O)c3ccc(F)cc3)cc2)cc1. The summed E-state index contributed by atoms with van der Waals surface area (Å²) in [4.78, 5) is 12.6. The lowest BCUT2D eigenvalue weighted by molar-refractivity contribution is 0.103. The van der Waals surface area contributed by atoms with Crippen molar-refractivity contribution in [3.8, 4) is 11.5 Å². The van der Waals surface area contributed by atoms with Gasteiger partial charge in [-0.25, -0.2) is 12.8 Å². The average Bonchev–Trinajstić information content (AvgIpc) is 2.74. The van der Waals surface area contributed by atoms with Crippen molar-refractivity contribution in [2.75, 3.05) is 19.5 Å². The minimum Gasteiger partial charge on any atom is -0.493 e. The quantitative estimate of drug-likeness (QED) is 0.375. The molecular weight excluding hydrogens is 407 g/mol. The van der Waals surface area contributed by atoms with Crippen LogP contribution in [0.2, 0.25) is 0 Å². The van der Waals surface area contributed by atoms with Crippen LogP contribution < -0.4 is 9.47 Å². The van der Waals surface area contributed by atoms with Gasteiger partial charge < -0.3 is 9.47 Å². The average molecular weight is 428 g/mol. The van der Waals surface area contributed by atoms with Gasteiger partial charge in [0.25, 0.3) is 0 Å². The Bertz CT molecular complexity index is 1090. The van der Waals surface area contributed by atoms with Crippen molar-refractivity contribution in [2.24, 2.45) is 0 Å². The molecule has 7 heteroatoms. The van der Waals surface area contributed by atoms with E-state index in [0.717, 1.165) is 6.26 Å². The second-order valence-electron chi connectivity index (χ2n) is 6.65. The third-order valence-electron chi connectivity index (χ3n) is 4.30. The van der Waals surface area contributed by atoms with Gasteiger partial charge in [-0.3, -0.25) is 4.79 Å². The Morgan fingerprint density at radius 1 is 0.767 bits per heavy atom. The van der Waals surface area contributed by atoms with E-state index in [1.54, 1.807) is 36.4 Å². The molecule has 5 nitrogen and oxygen atoms in total. The molecule has 3 aromatic rings. The number of rotatable bonds is 9. The lowest BCUT2D eigenvalue weighted by atomic mass is 10.0. The van der Waals surface area contributed by atoms with Gasteiger partial charge in [0.05, 0.1) is 18.1 Å². The van der Waals surface area contributed by atoms with Gasteiger partial charge in [-0.1, -0.05) is 0 Å². The molecule has 0 radical (unpaired) electrons. The van der Waals surface area contributed by atoms with Crippen LogP contribution in [0.15, 0.2) is 77.7 Å². The van der Waals surface area contributed by atoms with Gasteiger partial charge in [0.15, 0.2) is 15.6 Å². The molecule has 0 amide bonds. The van der Waals surface area contributed by atoms with Gasteiger partial charge >= 0.3 is 0 Å². The third kappa shape index (κ3) is 5.90. The molecule has 0 fully saturated rings. The molecule has 3 aromatic carbocycles. The summed E-state index contributed by atoms with van der Waals surface area (Å²) in [5.41, 5.74) is 0.918. The molecule has 0 bridgehead atoms. The maximum absolute atomic E-state index is 13.0. The number of sulfone groups is 1. The van der Waals surface area contributed by atoms with Crippen LogP contribution in [0.5, 0.6) is 11.5 Å². The standard InChI is InChI=1S/C23H21FO5S/c1-30(26,27)22-13-11-21(12-14-22)29-16-2-15-28-20-9-5-18(6-10-20)23(25)17-3-7-19(24)8-4-17/h3-14H,2,15-16H2,1H3. The summed E-state index contributed by atoms with van der Waals surface area (Å²) < 4.78 is 47.1. The van der Waals surface area contributed by atoms with Crippen molar-refractivity contribution in [1.29, 1.82) is 0 Å². The minimum atomic E-state index is -3.22. The summed E-state index contributed by atoms with van der Waals surface area (Å²) in [5, 5.41) is 0. The highest BCUT2D eigenvalue weighted by Crippen LogP contribution is 2.17. The number of carbonyl (C=O) groups excluding carboxylic acids is 1. The predicted octanol–water partition coefficient (Wildman–Crippen LogP) is 4.31. The molecule has 0 unspecified atom stereocenters. The van der Waals surface area contributed by atoms with Gasteiger partial charge in [0, 0.05) is 23.8 Å². The highest BCUT2D eigenvalue weighted by atomic mass is 32.2. The summed E-state index contributed by atoms with van der Waals surface area (Å²) in [6.07, 6.45) is 1.79. The molecule has 0 aliphatic carbocycles. The highest BCUT2D eigenvalue weighted by Gasteiger charge is 2.09. The Kier molecular flexibility index (Phi) is 6.84. The van der Waals surface area contributed by atoms with Crippen LogP contribution in [0.3, 0.4) is 0 Å². The van der Waals surface area contributed by atoms with Crippen LogP contribution in [-0.4, -0.2) is 33.7 Å². The van der Waals surface area contributed by atoms with Crippen LogP contribution >= 0.6 is 0 Å². The molecule has 0 saturated carbocycles. The zero-order valence-corrected chi connectivity index (χ0v) is 17.2. The first-order valence-corrected chi connectivity index (χ1v) is 11.2. The summed E-state index contributed by atoms with van der Waals surface area (Å²) >= 11 is 0. The van der Waals surface area contributed by atoms with E-state index >= 15 is 0 Å². The molecule has 3 rings (SSSR count). The van der Waals surface area contributed by atoms with E-state index in [1.165, 1.54) is 36.4 Å². The molecule has 0 N–H and O–H groups in total. The monoisotopic (exact) mass is 428 g/mol. The molecule has 0 aromatic heterocycles. The summed E-state index contributed by atoms with van der Waals surface area (Å²) in [6, 6.07) is 18.4. The number of carbonyl (C=O) groups is 1. The van der Waals surface area contributed by atoms with Crippen LogP contribution in [0.1, 0.15) is 22.3 Å². The van der Waals surface area contributed by atoms with Crippen molar-refractivity contribution in [3.63, 3.8) is 0 Å². The topological polar surface area (TPSA) is 69.7 Å². The van der Waals surface area contributed by atoms with Gasteiger partial charge in [0.2, 0.25) is 0 Å². The van der Waals surface area contributed by atoms with Gasteiger partial charge in [0.1, 0.15) is 17.3 Å². The zero-order chi connectivity index (χ0) is 21.6. The Labute approximate surface area is 175 Å². The van der Waals surface area contributed by atoms with E-state index in [-0.39, 0.29) is 16.5 Å². The molecular formula is C23H21FO5S. The zero-order valence-electron chi connectivity index (χ0n) is 16.4. The van der Waals surface area contributed by atoms with Crippen molar-refractivity contribution in [2.45, 2.75) is 11.3 Å². The van der Waals surface area contributed by atoms with Crippen molar-refractivity contribution < 1.29 is 27.1 Å². The Hall–Kier alpha value is -3.19. The first-order chi connectivity index (χ1) is 14.3. The molecule has 0 aliphatic rings. The minimum absolute atomic E-state index is 0.183. The molecule has 0 saturated heterocycles. The molecule has 30 heavy (non-hydrogen) atoms. The Balaban J connectivity index is 1.43. The molecule has 0 spiro atoms. The maximum Gasteiger partial charge on any atom is 0.193 e. The van der Waals surface area contributed by atoms with Crippen molar-refractivity contribution in [1.82, 2.24) is 0 Å². The summed E-state index contributed by atoms with van der Waals surface area (Å²) in [6.45, 7) is 0.839. The van der Waals surface area contributed by atoms with Crippen LogP contribution in [0, 0.1) is 5.82 Å². The second kappa shape index (κ2) is 9.54. The first-order valence-electron chi connectivity index (χ1n) is 9.29. The number of halogens is 1. The second-order valence-corrected chi connectivity index (χ2v) is 8.67. The Morgan fingerprint density at radius 2 is 1.20 bits per heavy atom. The summed E-state index contributed by atoms with van der Waals surface area (Å²) in [7, 11) is -3.22. The van der Waals surface area contributed by atoms with E-state index in [4.69, 9.17) is 9.47 Å². The van der Waals surface area contributed by atoms with Crippen molar-refractivity contribution in [3.05, 3.63) is 89.7 Å². The fraction of sp³-hybridized carbons (Fsp3) is 0.174. The van der Waals surface area contributed by atoms with Crippen LogP contribution in [0.25, 0.3) is 0 Å². The highest BCUT2D eigenvalue weighted by molar-refractivity contribution is 7.90. The van der Waals surface area contributed by atoms with Crippen LogP contribution in [-0.2, 0) is 9.84 Å². The molecule has 156 valence electrons. The molecule has 0 aliphatic heterocycles. The van der Waals surface area contributed by atoms with E-state index < -0.39 is 9.84 Å². The van der Waals surface area contributed by atoms with Crippen molar-refractivity contribution >= 4 is 15.6 Å². The van der Waals surface area contributed by atoms with Gasteiger partial charge in [-0.2, -0.15) is 0 Å².